The highest BCUT2D eigenvalue weighted by Crippen LogP contribution is 1.89. The summed E-state index contributed by atoms with van der Waals surface area (Å²) >= 11 is 0. The summed E-state index contributed by atoms with van der Waals surface area (Å²) in [4.78, 5) is 21.4. The van der Waals surface area contributed by atoms with E-state index in [4.69, 9.17) is 10.2 Å². The van der Waals surface area contributed by atoms with Gasteiger partial charge in [0.15, 0.2) is 6.10 Å². The molecular formula is C9H19N3O6S. The van der Waals surface area contributed by atoms with Crippen LogP contribution in [0.25, 0.3) is 0 Å². The summed E-state index contributed by atoms with van der Waals surface area (Å²) in [5.41, 5.74) is 0. The van der Waals surface area contributed by atoms with Gasteiger partial charge < -0.3 is 20.8 Å². The molecule has 1 atom stereocenters. The quantitative estimate of drug-likeness (QED) is 0.335. The van der Waals surface area contributed by atoms with E-state index in [1.807, 2.05) is 0 Å². The molecule has 0 radical (unpaired) electrons. The maximum atomic E-state index is 11.2. The van der Waals surface area contributed by atoms with Gasteiger partial charge in [0.05, 0.1) is 5.75 Å². The highest BCUT2D eigenvalue weighted by Gasteiger charge is 2.13. The highest BCUT2D eigenvalue weighted by atomic mass is 32.2. The summed E-state index contributed by atoms with van der Waals surface area (Å²) in [5.74, 6) is -1.61. The lowest BCUT2D eigenvalue weighted by Crippen LogP contribution is -2.41. The molecule has 0 bridgehead atoms. The number of carboxylic acid groups (broad SMARTS) is 1. The van der Waals surface area contributed by atoms with Crippen LogP contribution in [0.5, 0.6) is 0 Å². The fourth-order valence-corrected chi connectivity index (χ4v) is 2.05. The topological polar surface area (TPSA) is 145 Å². The Morgan fingerprint density at radius 2 is 1.79 bits per heavy atom. The van der Waals surface area contributed by atoms with Gasteiger partial charge in [0, 0.05) is 26.1 Å². The number of amides is 2. The third kappa shape index (κ3) is 9.22. The van der Waals surface area contributed by atoms with Crippen LogP contribution < -0.4 is 15.4 Å². The highest BCUT2D eigenvalue weighted by molar-refractivity contribution is 7.89. The molecule has 2 amide bonds. The maximum Gasteiger partial charge on any atom is 0.332 e. The minimum atomic E-state index is -3.38. The molecule has 0 aromatic heterocycles. The Balaban J connectivity index is 3.74. The van der Waals surface area contributed by atoms with Crippen LogP contribution in [0.1, 0.15) is 13.3 Å². The third-order valence-electron chi connectivity index (χ3n) is 2.01. The molecule has 0 aromatic rings. The van der Waals surface area contributed by atoms with E-state index in [2.05, 4.69) is 15.4 Å². The largest absolute Gasteiger partial charge is 0.479 e. The molecule has 0 fully saturated rings. The molecule has 0 spiro atoms. The molecule has 0 saturated heterocycles. The first-order valence-corrected chi connectivity index (χ1v) is 7.33. The van der Waals surface area contributed by atoms with Crippen molar-refractivity contribution in [2.45, 2.75) is 19.4 Å². The Hall–Kier alpha value is -1.39. The van der Waals surface area contributed by atoms with Gasteiger partial charge in [0.2, 0.25) is 10.0 Å². The number of hydrogen-bond donors (Lipinski definition) is 5. The van der Waals surface area contributed by atoms with Crippen molar-refractivity contribution in [1.82, 2.24) is 15.4 Å². The Bertz CT molecular complexity index is 397. The minimum Gasteiger partial charge on any atom is -0.479 e. The molecule has 5 N–H and O–H groups in total. The minimum absolute atomic E-state index is 0.0285. The second kappa shape index (κ2) is 8.67. The normalized spacial score (nSPS) is 12.7. The van der Waals surface area contributed by atoms with Crippen molar-refractivity contribution >= 4 is 22.0 Å². The van der Waals surface area contributed by atoms with Gasteiger partial charge in [-0.05, 0) is 0 Å². The van der Waals surface area contributed by atoms with Crippen molar-refractivity contribution in [1.29, 1.82) is 0 Å². The predicted octanol–water partition coefficient (Wildman–Crippen LogP) is -1.94. The lowest BCUT2D eigenvalue weighted by molar-refractivity contribution is -0.146. The first kappa shape index (κ1) is 17.6. The fourth-order valence-electron chi connectivity index (χ4n) is 1.10. The maximum absolute atomic E-state index is 11.2. The lowest BCUT2D eigenvalue weighted by atomic mass is 10.2. The van der Waals surface area contributed by atoms with E-state index in [0.717, 1.165) is 0 Å². The van der Waals surface area contributed by atoms with Crippen molar-refractivity contribution in [3.63, 3.8) is 0 Å². The number of hydrogen-bond acceptors (Lipinski definition) is 5. The Morgan fingerprint density at radius 3 is 2.32 bits per heavy atom. The number of carbonyl (C=O) groups excluding carboxylic acids is 1. The SMILES string of the molecule is CCNS(=O)(=O)CCNC(=O)NCCC(O)C(=O)O. The van der Waals surface area contributed by atoms with Gasteiger partial charge in [-0.3, -0.25) is 0 Å². The number of sulfonamides is 1. The average molecular weight is 297 g/mol. The third-order valence-corrected chi connectivity index (χ3v) is 3.48. The Kier molecular flexibility index (Phi) is 8.03. The molecule has 10 heteroatoms. The average Bonchev–Trinajstić information content (AvgIpc) is 2.28. The first-order valence-electron chi connectivity index (χ1n) is 5.68. The van der Waals surface area contributed by atoms with E-state index in [0.29, 0.717) is 0 Å². The summed E-state index contributed by atoms with van der Waals surface area (Å²) in [6.45, 7) is 1.83. The van der Waals surface area contributed by atoms with Crippen molar-refractivity contribution in [3.8, 4) is 0 Å². The Labute approximate surface area is 111 Å². The predicted molar refractivity (Wildman–Crippen MR) is 67.1 cm³/mol. The van der Waals surface area contributed by atoms with Gasteiger partial charge >= 0.3 is 12.0 Å². The van der Waals surface area contributed by atoms with Gasteiger partial charge in [0.25, 0.3) is 0 Å². The van der Waals surface area contributed by atoms with E-state index in [1.165, 1.54) is 0 Å². The fraction of sp³-hybridized carbons (Fsp3) is 0.778. The van der Waals surface area contributed by atoms with Crippen molar-refractivity contribution in [2.24, 2.45) is 0 Å². The zero-order chi connectivity index (χ0) is 14.9. The standard InChI is InChI=1S/C9H19N3O6S/c1-2-12-19(17,18)6-5-11-9(16)10-4-3-7(13)8(14)15/h7,12-13H,2-6H2,1H3,(H,14,15)(H2,10,11,16). The van der Waals surface area contributed by atoms with Gasteiger partial charge in [-0.1, -0.05) is 6.92 Å². The molecule has 0 heterocycles. The van der Waals surface area contributed by atoms with Gasteiger partial charge in [-0.2, -0.15) is 0 Å². The zero-order valence-corrected chi connectivity index (χ0v) is 11.4. The summed E-state index contributed by atoms with van der Waals surface area (Å²) in [6, 6.07) is -0.621. The smallest absolute Gasteiger partial charge is 0.332 e. The number of aliphatic carboxylic acids is 1. The van der Waals surface area contributed by atoms with Crippen LogP contribution in [0.4, 0.5) is 4.79 Å². The molecule has 0 saturated carbocycles. The molecule has 0 aromatic carbocycles. The summed E-state index contributed by atoms with van der Waals surface area (Å²) in [5, 5.41) is 21.9. The Morgan fingerprint density at radius 1 is 1.21 bits per heavy atom. The molecule has 1 unspecified atom stereocenters. The van der Waals surface area contributed by atoms with Gasteiger partial charge in [-0.25, -0.2) is 22.7 Å². The van der Waals surface area contributed by atoms with E-state index in [-0.39, 0.29) is 31.8 Å². The summed E-state index contributed by atoms with van der Waals surface area (Å²) < 4.78 is 24.7. The van der Waals surface area contributed by atoms with E-state index in [9.17, 15) is 18.0 Å². The van der Waals surface area contributed by atoms with Crippen LogP contribution >= 0.6 is 0 Å². The molecule has 0 rings (SSSR count). The molecule has 0 aliphatic heterocycles. The summed E-state index contributed by atoms with van der Waals surface area (Å²) in [6.07, 6.45) is -1.66. The van der Waals surface area contributed by atoms with E-state index < -0.39 is 28.1 Å². The number of carbonyl (C=O) groups is 2. The number of aliphatic hydroxyl groups excluding tert-OH is 1. The van der Waals surface area contributed by atoms with Crippen LogP contribution in [-0.2, 0) is 14.8 Å². The molecular weight excluding hydrogens is 278 g/mol. The molecule has 9 nitrogen and oxygen atoms in total. The van der Waals surface area contributed by atoms with Crippen molar-refractivity contribution < 1.29 is 28.2 Å². The van der Waals surface area contributed by atoms with Crippen molar-refractivity contribution in [2.75, 3.05) is 25.4 Å². The van der Waals surface area contributed by atoms with Crippen LogP contribution in [0, 0.1) is 0 Å². The number of nitrogens with one attached hydrogen (secondary N) is 3. The van der Waals surface area contributed by atoms with E-state index in [1.54, 1.807) is 6.92 Å². The van der Waals surface area contributed by atoms with Gasteiger partial charge in [0.1, 0.15) is 0 Å². The second-order valence-electron chi connectivity index (χ2n) is 3.64. The monoisotopic (exact) mass is 297 g/mol. The second-order valence-corrected chi connectivity index (χ2v) is 5.57. The number of carboxylic acids is 1. The zero-order valence-electron chi connectivity index (χ0n) is 10.5. The van der Waals surface area contributed by atoms with Crippen LogP contribution in [0.2, 0.25) is 0 Å². The summed E-state index contributed by atoms with van der Waals surface area (Å²) in [7, 11) is -3.38. The van der Waals surface area contributed by atoms with Gasteiger partial charge in [-0.15, -0.1) is 0 Å². The molecule has 0 aliphatic carbocycles. The van der Waals surface area contributed by atoms with Crippen LogP contribution in [0.3, 0.4) is 0 Å². The number of aliphatic hydroxyl groups is 1. The van der Waals surface area contributed by atoms with Crippen LogP contribution in [-0.4, -0.2) is 62.1 Å². The molecule has 19 heavy (non-hydrogen) atoms. The van der Waals surface area contributed by atoms with Crippen molar-refractivity contribution in [3.05, 3.63) is 0 Å². The molecule has 112 valence electrons. The van der Waals surface area contributed by atoms with Crippen LogP contribution in [0.15, 0.2) is 0 Å². The number of rotatable bonds is 9. The lowest BCUT2D eigenvalue weighted by Gasteiger charge is -2.09. The number of urea groups is 1. The first-order chi connectivity index (χ1) is 8.78. The van der Waals surface area contributed by atoms with E-state index >= 15 is 0 Å². The molecule has 0 aliphatic rings.